The van der Waals surface area contributed by atoms with Crippen LogP contribution in [0, 0.1) is 5.82 Å². The first-order valence-electron chi connectivity index (χ1n) is 9.97. The Labute approximate surface area is 182 Å². The van der Waals surface area contributed by atoms with Gasteiger partial charge >= 0.3 is 6.03 Å². The van der Waals surface area contributed by atoms with E-state index in [2.05, 4.69) is 21.5 Å². The van der Waals surface area contributed by atoms with Gasteiger partial charge in [0.2, 0.25) is 0 Å². The molecule has 4 N–H and O–H groups in total. The Morgan fingerprint density at radius 1 is 1.06 bits per heavy atom. The Bertz CT molecular complexity index is 1300. The van der Waals surface area contributed by atoms with Crippen LogP contribution in [0.5, 0.6) is 5.75 Å². The average Bonchev–Trinajstić information content (AvgIpc) is 3.05. The predicted octanol–water partition coefficient (Wildman–Crippen LogP) is 2.70. The molecule has 0 saturated carbocycles. The summed E-state index contributed by atoms with van der Waals surface area (Å²) in [5, 5.41) is 6.78. The Kier molecular flexibility index (Phi) is 4.30. The van der Waals surface area contributed by atoms with Crippen LogP contribution < -0.4 is 26.2 Å². The van der Waals surface area contributed by atoms with Crippen molar-refractivity contribution < 1.29 is 23.5 Å². The quantitative estimate of drug-likeness (QED) is 0.375. The maximum absolute atomic E-state index is 13.9. The Morgan fingerprint density at radius 3 is 2.59 bits per heavy atom. The van der Waals surface area contributed by atoms with Crippen molar-refractivity contribution >= 4 is 34.3 Å². The van der Waals surface area contributed by atoms with E-state index in [-0.39, 0.29) is 17.7 Å². The van der Waals surface area contributed by atoms with Gasteiger partial charge in [0, 0.05) is 12.0 Å². The molecule has 2 atom stereocenters. The molecule has 32 heavy (non-hydrogen) atoms. The standard InChI is InChI=1S/C23H19FN4O4/c1-22(19(29)28-27-16-8-6-13-4-2-3-5-14(13)10-16)12-23(20(30)25-21(31)26-23)17-11-15(24)7-9-18(17)32-22/h2-11,27H,12H2,1H3,(H,28,29)(H2,25,26,30,31). The second-order valence-corrected chi connectivity index (χ2v) is 8.10. The molecule has 0 aliphatic carbocycles. The van der Waals surface area contributed by atoms with Crippen LogP contribution in [0.1, 0.15) is 18.9 Å². The highest BCUT2D eigenvalue weighted by atomic mass is 19.1. The fourth-order valence-corrected chi connectivity index (χ4v) is 4.27. The molecule has 1 fully saturated rings. The number of fused-ring (bicyclic) bond motifs is 3. The largest absolute Gasteiger partial charge is 0.477 e. The smallest absolute Gasteiger partial charge is 0.322 e. The second-order valence-electron chi connectivity index (χ2n) is 8.10. The van der Waals surface area contributed by atoms with Crippen molar-refractivity contribution in [3.05, 3.63) is 72.0 Å². The van der Waals surface area contributed by atoms with Gasteiger partial charge in [0.1, 0.15) is 11.6 Å². The minimum absolute atomic E-state index is 0.137. The summed E-state index contributed by atoms with van der Waals surface area (Å²) in [6.45, 7) is 1.51. The fraction of sp³-hybridized carbons (Fsp3) is 0.174. The van der Waals surface area contributed by atoms with Crippen LogP contribution in [-0.2, 0) is 15.1 Å². The van der Waals surface area contributed by atoms with E-state index in [1.165, 1.54) is 13.0 Å². The number of anilines is 1. The Hall–Kier alpha value is -4.14. The fourth-order valence-electron chi connectivity index (χ4n) is 4.27. The molecule has 0 bridgehead atoms. The monoisotopic (exact) mass is 434 g/mol. The zero-order valence-electron chi connectivity index (χ0n) is 17.0. The molecule has 8 nitrogen and oxygen atoms in total. The van der Waals surface area contributed by atoms with Crippen molar-refractivity contribution in [1.82, 2.24) is 16.1 Å². The molecule has 162 valence electrons. The van der Waals surface area contributed by atoms with Crippen LogP contribution in [0.15, 0.2) is 60.7 Å². The molecule has 4 amide bonds. The first-order valence-corrected chi connectivity index (χ1v) is 9.97. The minimum Gasteiger partial charge on any atom is -0.477 e. The van der Waals surface area contributed by atoms with Crippen molar-refractivity contribution in [2.45, 2.75) is 24.5 Å². The molecular weight excluding hydrogens is 415 g/mol. The van der Waals surface area contributed by atoms with Crippen molar-refractivity contribution in [3.8, 4) is 5.75 Å². The van der Waals surface area contributed by atoms with Crippen LogP contribution in [0.3, 0.4) is 0 Å². The molecule has 0 radical (unpaired) electrons. The van der Waals surface area contributed by atoms with Crippen molar-refractivity contribution in [1.29, 1.82) is 0 Å². The molecular formula is C23H19FN4O4. The first-order chi connectivity index (χ1) is 15.3. The second kappa shape index (κ2) is 6.94. The van der Waals surface area contributed by atoms with Crippen LogP contribution in [0.2, 0.25) is 0 Å². The normalized spacial score (nSPS) is 23.8. The lowest BCUT2D eigenvalue weighted by molar-refractivity contribution is -0.141. The van der Waals surface area contributed by atoms with E-state index in [1.807, 2.05) is 42.5 Å². The van der Waals surface area contributed by atoms with Gasteiger partial charge in [0.25, 0.3) is 11.8 Å². The van der Waals surface area contributed by atoms with E-state index in [0.717, 1.165) is 22.9 Å². The third kappa shape index (κ3) is 3.09. The Balaban J connectivity index is 1.43. The van der Waals surface area contributed by atoms with Gasteiger partial charge in [-0.25, -0.2) is 9.18 Å². The Morgan fingerprint density at radius 2 is 1.84 bits per heavy atom. The van der Waals surface area contributed by atoms with Crippen LogP contribution >= 0.6 is 0 Å². The number of carbonyl (C=O) groups is 3. The van der Waals surface area contributed by atoms with Gasteiger partial charge in [0.15, 0.2) is 11.1 Å². The molecule has 3 aromatic carbocycles. The van der Waals surface area contributed by atoms with E-state index in [4.69, 9.17) is 4.74 Å². The summed E-state index contributed by atoms with van der Waals surface area (Å²) in [5.41, 5.74) is 3.13. The molecule has 5 rings (SSSR count). The van der Waals surface area contributed by atoms with Crippen molar-refractivity contribution in [3.63, 3.8) is 0 Å². The molecule has 2 heterocycles. The predicted molar refractivity (Wildman–Crippen MR) is 114 cm³/mol. The van der Waals surface area contributed by atoms with E-state index < -0.39 is 34.8 Å². The maximum atomic E-state index is 13.9. The summed E-state index contributed by atoms with van der Waals surface area (Å²) < 4.78 is 19.9. The molecule has 3 aromatic rings. The number of nitrogens with one attached hydrogen (secondary N) is 4. The first kappa shape index (κ1) is 19.8. The molecule has 2 aliphatic rings. The number of halogens is 1. The highest BCUT2D eigenvalue weighted by Crippen LogP contribution is 2.45. The average molecular weight is 434 g/mol. The van der Waals surface area contributed by atoms with Gasteiger partial charge < -0.3 is 10.1 Å². The summed E-state index contributed by atoms with van der Waals surface area (Å²) >= 11 is 0. The van der Waals surface area contributed by atoms with Gasteiger partial charge in [-0.1, -0.05) is 30.3 Å². The van der Waals surface area contributed by atoms with Gasteiger partial charge in [-0.3, -0.25) is 25.8 Å². The highest BCUT2D eigenvalue weighted by Gasteiger charge is 2.59. The van der Waals surface area contributed by atoms with Crippen molar-refractivity contribution in [2.75, 3.05) is 5.43 Å². The topological polar surface area (TPSA) is 109 Å². The van der Waals surface area contributed by atoms with E-state index >= 15 is 0 Å². The summed E-state index contributed by atoms with van der Waals surface area (Å²) in [6, 6.07) is 16.3. The lowest BCUT2D eigenvalue weighted by Crippen LogP contribution is -2.60. The van der Waals surface area contributed by atoms with Gasteiger partial charge in [-0.05, 0) is 48.0 Å². The van der Waals surface area contributed by atoms with E-state index in [9.17, 15) is 18.8 Å². The van der Waals surface area contributed by atoms with Gasteiger partial charge in [0.05, 0.1) is 5.69 Å². The summed E-state index contributed by atoms with van der Waals surface area (Å²) in [4.78, 5) is 37.8. The number of hydrogen-bond acceptors (Lipinski definition) is 5. The van der Waals surface area contributed by atoms with Crippen molar-refractivity contribution in [2.24, 2.45) is 0 Å². The number of carbonyl (C=O) groups excluding carboxylic acids is 3. The van der Waals surface area contributed by atoms with E-state index in [0.29, 0.717) is 5.69 Å². The molecule has 9 heteroatoms. The maximum Gasteiger partial charge on any atom is 0.322 e. The van der Waals surface area contributed by atoms with Crippen LogP contribution in [-0.4, -0.2) is 23.4 Å². The number of hydrogen-bond donors (Lipinski definition) is 4. The SMILES string of the molecule is CC1(C(=O)NNc2ccc3ccccc3c2)CC2(NC(=O)NC2=O)c2cc(F)ccc2O1. The van der Waals surface area contributed by atoms with Gasteiger partial charge in [-0.15, -0.1) is 0 Å². The molecule has 0 aromatic heterocycles. The number of benzene rings is 3. The number of imide groups is 1. The molecule has 1 saturated heterocycles. The number of rotatable bonds is 3. The van der Waals surface area contributed by atoms with Crippen LogP contribution in [0.25, 0.3) is 10.8 Å². The third-order valence-corrected chi connectivity index (χ3v) is 5.83. The summed E-state index contributed by atoms with van der Waals surface area (Å²) in [6.07, 6.45) is -0.223. The number of hydrazine groups is 1. The number of ether oxygens (including phenoxy) is 1. The minimum atomic E-state index is -1.62. The highest BCUT2D eigenvalue weighted by molar-refractivity contribution is 6.08. The van der Waals surface area contributed by atoms with Gasteiger partial charge in [-0.2, -0.15) is 0 Å². The summed E-state index contributed by atoms with van der Waals surface area (Å²) in [7, 11) is 0. The summed E-state index contributed by atoms with van der Waals surface area (Å²) in [5.74, 6) is -1.68. The molecule has 2 aliphatic heterocycles. The third-order valence-electron chi connectivity index (χ3n) is 5.83. The lowest BCUT2D eigenvalue weighted by Gasteiger charge is -2.42. The molecule has 2 unspecified atom stereocenters. The zero-order chi connectivity index (χ0) is 22.5. The zero-order valence-corrected chi connectivity index (χ0v) is 17.0. The number of amides is 4. The number of urea groups is 1. The lowest BCUT2D eigenvalue weighted by atomic mass is 9.76. The molecule has 1 spiro atoms. The van der Waals surface area contributed by atoms with Crippen LogP contribution in [0.4, 0.5) is 14.9 Å². The van der Waals surface area contributed by atoms with E-state index in [1.54, 1.807) is 0 Å².